The molecule has 1 amide bonds. The summed E-state index contributed by atoms with van der Waals surface area (Å²) in [6.07, 6.45) is 3.15. The van der Waals surface area contributed by atoms with E-state index in [1.165, 1.54) is 0 Å². The zero-order chi connectivity index (χ0) is 18.2. The lowest BCUT2D eigenvalue weighted by molar-refractivity contribution is -0.142. The van der Waals surface area contributed by atoms with E-state index in [0.717, 1.165) is 18.6 Å². The van der Waals surface area contributed by atoms with Gasteiger partial charge in [0.25, 0.3) is 0 Å². The molecule has 0 unspecified atom stereocenters. The smallest absolute Gasteiger partial charge is 0.308 e. The number of ether oxygens (including phenoxy) is 1. The van der Waals surface area contributed by atoms with E-state index in [4.69, 9.17) is 9.84 Å². The Kier molecular flexibility index (Phi) is 6.98. The second-order valence-corrected chi connectivity index (χ2v) is 6.35. The van der Waals surface area contributed by atoms with Gasteiger partial charge in [0, 0.05) is 24.4 Å². The van der Waals surface area contributed by atoms with Crippen LogP contribution >= 0.6 is 0 Å². The molecule has 2 atom stereocenters. The maximum absolute atomic E-state index is 12.2. The summed E-state index contributed by atoms with van der Waals surface area (Å²) in [5.74, 6) is -1.05. The van der Waals surface area contributed by atoms with Crippen molar-refractivity contribution in [2.24, 2.45) is 5.92 Å². The van der Waals surface area contributed by atoms with Crippen LogP contribution in [0.15, 0.2) is 24.3 Å². The molecule has 0 spiro atoms. The molecular formula is C19H25NO5. The maximum atomic E-state index is 12.2. The highest BCUT2D eigenvalue weighted by Crippen LogP contribution is 2.26. The summed E-state index contributed by atoms with van der Waals surface area (Å²) in [7, 11) is 0. The lowest BCUT2D eigenvalue weighted by Crippen LogP contribution is -2.40. The van der Waals surface area contributed by atoms with Gasteiger partial charge in [-0.3, -0.25) is 14.4 Å². The Morgan fingerprint density at radius 3 is 2.52 bits per heavy atom. The largest absolute Gasteiger partial charge is 0.494 e. The number of nitrogens with one attached hydrogen (secondary N) is 1. The summed E-state index contributed by atoms with van der Waals surface area (Å²) in [4.78, 5) is 35.3. The molecule has 0 radical (unpaired) electrons. The molecule has 1 aliphatic rings. The van der Waals surface area contributed by atoms with Crippen LogP contribution in [0.3, 0.4) is 0 Å². The monoisotopic (exact) mass is 347 g/mol. The molecule has 0 aromatic heterocycles. The number of carbonyl (C=O) groups is 3. The van der Waals surface area contributed by atoms with Gasteiger partial charge in [-0.25, -0.2) is 0 Å². The fraction of sp³-hybridized carbons (Fsp3) is 0.526. The summed E-state index contributed by atoms with van der Waals surface area (Å²) in [6.45, 7) is 2.65. The molecule has 136 valence electrons. The number of carboxylic acids is 1. The molecule has 1 aromatic carbocycles. The third-order valence-corrected chi connectivity index (χ3v) is 4.41. The predicted octanol–water partition coefficient (Wildman–Crippen LogP) is 2.81. The number of Topliss-reactive ketones (excluding diaryl/α,β-unsaturated/α-hetero) is 1. The lowest BCUT2D eigenvalue weighted by atomic mass is 10.0. The second kappa shape index (κ2) is 9.20. The average Bonchev–Trinajstić information content (AvgIpc) is 3.06. The number of hydrogen-bond acceptors (Lipinski definition) is 4. The lowest BCUT2D eigenvalue weighted by Gasteiger charge is -2.17. The van der Waals surface area contributed by atoms with Gasteiger partial charge in [-0.1, -0.05) is 13.3 Å². The topological polar surface area (TPSA) is 92.7 Å². The third-order valence-electron chi connectivity index (χ3n) is 4.41. The van der Waals surface area contributed by atoms with E-state index in [-0.39, 0.29) is 30.6 Å². The molecule has 0 bridgehead atoms. The normalized spacial score (nSPS) is 19.4. The zero-order valence-electron chi connectivity index (χ0n) is 14.5. The first-order valence-corrected chi connectivity index (χ1v) is 8.79. The number of benzene rings is 1. The fourth-order valence-corrected chi connectivity index (χ4v) is 3.04. The van der Waals surface area contributed by atoms with E-state index >= 15 is 0 Å². The minimum Gasteiger partial charge on any atom is -0.494 e. The molecule has 2 rings (SSSR count). The van der Waals surface area contributed by atoms with Gasteiger partial charge in [0.05, 0.1) is 12.5 Å². The summed E-state index contributed by atoms with van der Waals surface area (Å²) >= 11 is 0. The molecule has 1 fully saturated rings. The van der Waals surface area contributed by atoms with Gasteiger partial charge >= 0.3 is 5.97 Å². The molecule has 1 aromatic rings. The van der Waals surface area contributed by atoms with E-state index in [0.29, 0.717) is 25.0 Å². The van der Waals surface area contributed by atoms with Crippen LogP contribution in [-0.2, 0) is 9.59 Å². The van der Waals surface area contributed by atoms with Crippen LogP contribution in [0.1, 0.15) is 55.8 Å². The number of carboxylic acid groups (broad SMARTS) is 1. The van der Waals surface area contributed by atoms with Gasteiger partial charge in [-0.15, -0.1) is 0 Å². The molecule has 0 aliphatic heterocycles. The van der Waals surface area contributed by atoms with Gasteiger partial charge in [-0.05, 0) is 43.5 Å². The van der Waals surface area contributed by atoms with E-state index in [2.05, 4.69) is 5.32 Å². The van der Waals surface area contributed by atoms with Crippen LogP contribution < -0.4 is 10.1 Å². The van der Waals surface area contributed by atoms with Crippen molar-refractivity contribution in [3.63, 3.8) is 0 Å². The second-order valence-electron chi connectivity index (χ2n) is 6.35. The number of amides is 1. The van der Waals surface area contributed by atoms with Crippen molar-refractivity contribution < 1.29 is 24.2 Å². The first kappa shape index (κ1) is 19.0. The third kappa shape index (κ3) is 5.59. The quantitative estimate of drug-likeness (QED) is 0.670. The Bertz CT molecular complexity index is 611. The van der Waals surface area contributed by atoms with E-state index in [9.17, 15) is 14.4 Å². The van der Waals surface area contributed by atoms with Gasteiger partial charge in [0.2, 0.25) is 5.91 Å². The minimum absolute atomic E-state index is 0.0652. The van der Waals surface area contributed by atoms with Crippen molar-refractivity contribution in [3.8, 4) is 5.75 Å². The van der Waals surface area contributed by atoms with E-state index < -0.39 is 11.9 Å². The van der Waals surface area contributed by atoms with Crippen molar-refractivity contribution in [2.75, 3.05) is 6.61 Å². The highest BCUT2D eigenvalue weighted by molar-refractivity contribution is 5.98. The minimum atomic E-state index is -0.871. The van der Waals surface area contributed by atoms with Gasteiger partial charge in [0.15, 0.2) is 5.78 Å². The Morgan fingerprint density at radius 1 is 1.16 bits per heavy atom. The summed E-state index contributed by atoms with van der Waals surface area (Å²) in [5, 5.41) is 11.9. The van der Waals surface area contributed by atoms with E-state index in [1.807, 2.05) is 6.92 Å². The summed E-state index contributed by atoms with van der Waals surface area (Å²) < 4.78 is 5.47. The van der Waals surface area contributed by atoms with Crippen LogP contribution in [-0.4, -0.2) is 35.4 Å². The van der Waals surface area contributed by atoms with Crippen LogP contribution in [0.5, 0.6) is 5.75 Å². The van der Waals surface area contributed by atoms with Crippen molar-refractivity contribution in [1.82, 2.24) is 5.32 Å². The number of rotatable bonds is 9. The molecular weight excluding hydrogens is 322 g/mol. The van der Waals surface area contributed by atoms with Crippen molar-refractivity contribution >= 4 is 17.7 Å². The molecule has 1 saturated carbocycles. The van der Waals surface area contributed by atoms with Gasteiger partial charge in [-0.2, -0.15) is 0 Å². The van der Waals surface area contributed by atoms with Crippen molar-refractivity contribution in [3.05, 3.63) is 29.8 Å². The number of ketones is 1. The Hall–Kier alpha value is -2.37. The van der Waals surface area contributed by atoms with Crippen LogP contribution in [0.25, 0.3) is 0 Å². The molecule has 0 saturated heterocycles. The molecule has 2 N–H and O–H groups in total. The molecule has 6 nitrogen and oxygen atoms in total. The average molecular weight is 347 g/mol. The fourth-order valence-electron chi connectivity index (χ4n) is 3.04. The number of aliphatic carboxylic acids is 1. The molecule has 0 heterocycles. The predicted molar refractivity (Wildman–Crippen MR) is 92.7 cm³/mol. The molecule has 25 heavy (non-hydrogen) atoms. The summed E-state index contributed by atoms with van der Waals surface area (Å²) in [6, 6.07) is 6.57. The Morgan fingerprint density at radius 2 is 1.88 bits per heavy atom. The zero-order valence-corrected chi connectivity index (χ0v) is 14.5. The Labute approximate surface area is 147 Å². The van der Waals surface area contributed by atoms with Crippen molar-refractivity contribution in [1.29, 1.82) is 0 Å². The molecule has 1 aliphatic carbocycles. The maximum Gasteiger partial charge on any atom is 0.308 e. The van der Waals surface area contributed by atoms with E-state index in [1.54, 1.807) is 24.3 Å². The standard InChI is InChI=1S/C19H25NO5/c1-2-12-25-14-8-6-13(7-9-14)17(21)10-11-18(22)20-16-5-3-4-15(16)19(23)24/h6-9,15-16H,2-5,10-12H2,1H3,(H,20,22)(H,23,24)/t15-,16+/m0/s1. The SMILES string of the molecule is CCCOc1ccc(C(=O)CCC(=O)N[C@@H]2CCC[C@@H]2C(=O)O)cc1. The van der Waals surface area contributed by atoms with Gasteiger partial charge < -0.3 is 15.2 Å². The summed E-state index contributed by atoms with van der Waals surface area (Å²) in [5.41, 5.74) is 0.543. The molecule has 6 heteroatoms. The van der Waals surface area contributed by atoms with Crippen LogP contribution in [0.4, 0.5) is 0 Å². The number of hydrogen-bond donors (Lipinski definition) is 2. The highest BCUT2D eigenvalue weighted by atomic mass is 16.5. The van der Waals surface area contributed by atoms with Crippen LogP contribution in [0.2, 0.25) is 0 Å². The van der Waals surface area contributed by atoms with Crippen LogP contribution in [0, 0.1) is 5.92 Å². The first-order valence-electron chi connectivity index (χ1n) is 8.79. The van der Waals surface area contributed by atoms with Gasteiger partial charge in [0.1, 0.15) is 5.75 Å². The Balaban J connectivity index is 1.79. The highest BCUT2D eigenvalue weighted by Gasteiger charge is 2.33. The number of carbonyl (C=O) groups excluding carboxylic acids is 2. The first-order chi connectivity index (χ1) is 12.0. The van der Waals surface area contributed by atoms with Crippen molar-refractivity contribution in [2.45, 2.75) is 51.5 Å².